The van der Waals surface area contributed by atoms with E-state index in [9.17, 15) is 4.79 Å². The second kappa shape index (κ2) is 3.76. The van der Waals surface area contributed by atoms with E-state index in [1.807, 2.05) is 0 Å². The maximum atomic E-state index is 11.4. The standard InChI is InChI=1S/C9H11NO2/c1-3-6-10(2)9(11)8-5-4-7-12-8/h3-5,7H,1,6H2,2H3. The van der Waals surface area contributed by atoms with E-state index in [2.05, 4.69) is 6.58 Å². The van der Waals surface area contributed by atoms with Gasteiger partial charge in [-0.3, -0.25) is 4.79 Å². The molecule has 3 heteroatoms. The van der Waals surface area contributed by atoms with Gasteiger partial charge in [0.25, 0.3) is 5.91 Å². The number of amides is 1. The van der Waals surface area contributed by atoms with Gasteiger partial charge in [0.15, 0.2) is 5.76 Å². The molecule has 0 bridgehead atoms. The molecule has 0 N–H and O–H groups in total. The second-order valence-corrected chi connectivity index (χ2v) is 2.45. The Labute approximate surface area is 71.3 Å². The maximum Gasteiger partial charge on any atom is 0.289 e. The molecular formula is C9H11NO2. The first kappa shape index (κ1) is 8.59. The van der Waals surface area contributed by atoms with E-state index in [1.165, 1.54) is 11.2 Å². The van der Waals surface area contributed by atoms with Crippen LogP contribution < -0.4 is 0 Å². The van der Waals surface area contributed by atoms with E-state index in [4.69, 9.17) is 4.42 Å². The molecule has 0 fully saturated rings. The first-order valence-electron chi connectivity index (χ1n) is 3.65. The highest BCUT2D eigenvalue weighted by molar-refractivity contribution is 5.91. The van der Waals surface area contributed by atoms with Crippen molar-refractivity contribution in [1.29, 1.82) is 0 Å². The summed E-state index contributed by atoms with van der Waals surface area (Å²) in [5.74, 6) is 0.235. The van der Waals surface area contributed by atoms with Crippen LogP contribution in [0.4, 0.5) is 0 Å². The summed E-state index contributed by atoms with van der Waals surface area (Å²) in [5.41, 5.74) is 0. The van der Waals surface area contributed by atoms with Crippen LogP contribution in [0.2, 0.25) is 0 Å². The Hall–Kier alpha value is -1.51. The number of hydrogen-bond donors (Lipinski definition) is 0. The van der Waals surface area contributed by atoms with Crippen molar-refractivity contribution in [3.05, 3.63) is 36.8 Å². The molecule has 0 aliphatic carbocycles. The Kier molecular flexibility index (Phi) is 2.69. The van der Waals surface area contributed by atoms with Crippen LogP contribution in [0.25, 0.3) is 0 Å². The van der Waals surface area contributed by atoms with E-state index in [-0.39, 0.29) is 5.91 Å². The van der Waals surface area contributed by atoms with Gasteiger partial charge in [-0.2, -0.15) is 0 Å². The summed E-state index contributed by atoms with van der Waals surface area (Å²) in [7, 11) is 1.70. The van der Waals surface area contributed by atoms with E-state index in [1.54, 1.807) is 25.3 Å². The van der Waals surface area contributed by atoms with Crippen LogP contribution in [0.5, 0.6) is 0 Å². The summed E-state index contributed by atoms with van der Waals surface area (Å²) in [6.45, 7) is 4.07. The molecule has 1 aromatic heterocycles. The third-order valence-electron chi connectivity index (χ3n) is 1.48. The average Bonchev–Trinajstić information content (AvgIpc) is 2.55. The third kappa shape index (κ3) is 1.75. The van der Waals surface area contributed by atoms with Crippen molar-refractivity contribution in [3.63, 3.8) is 0 Å². The Morgan fingerprint density at radius 1 is 1.83 bits per heavy atom. The predicted molar refractivity (Wildman–Crippen MR) is 45.9 cm³/mol. The molecular weight excluding hydrogens is 154 g/mol. The Balaban J connectivity index is 2.65. The summed E-state index contributed by atoms with van der Waals surface area (Å²) in [6, 6.07) is 3.33. The van der Waals surface area contributed by atoms with Crippen molar-refractivity contribution in [2.24, 2.45) is 0 Å². The number of furan rings is 1. The summed E-state index contributed by atoms with van der Waals surface area (Å²) >= 11 is 0. The summed E-state index contributed by atoms with van der Waals surface area (Å²) in [4.78, 5) is 12.9. The Bertz CT molecular complexity index is 264. The SMILES string of the molecule is C=CCN(C)C(=O)c1ccco1. The zero-order valence-corrected chi connectivity index (χ0v) is 6.99. The molecule has 0 atom stereocenters. The quantitative estimate of drug-likeness (QED) is 0.636. The molecule has 0 aliphatic rings. The molecule has 1 heterocycles. The first-order valence-corrected chi connectivity index (χ1v) is 3.65. The molecule has 0 saturated carbocycles. The summed E-state index contributed by atoms with van der Waals surface area (Å²) in [5, 5.41) is 0. The highest BCUT2D eigenvalue weighted by Gasteiger charge is 2.11. The Morgan fingerprint density at radius 3 is 3.08 bits per heavy atom. The molecule has 0 unspecified atom stereocenters. The van der Waals surface area contributed by atoms with Crippen molar-refractivity contribution >= 4 is 5.91 Å². The number of carbonyl (C=O) groups excluding carboxylic acids is 1. The van der Waals surface area contributed by atoms with Crippen LogP contribution in [0, 0.1) is 0 Å². The number of likely N-dealkylation sites (N-methyl/N-ethyl adjacent to an activating group) is 1. The molecule has 1 aromatic rings. The van der Waals surface area contributed by atoms with Crippen molar-refractivity contribution < 1.29 is 9.21 Å². The van der Waals surface area contributed by atoms with Crippen molar-refractivity contribution in [3.8, 4) is 0 Å². The van der Waals surface area contributed by atoms with Crippen LogP contribution in [0.3, 0.4) is 0 Å². The second-order valence-electron chi connectivity index (χ2n) is 2.45. The number of rotatable bonds is 3. The molecule has 0 aromatic carbocycles. The molecule has 0 spiro atoms. The summed E-state index contributed by atoms with van der Waals surface area (Å²) < 4.78 is 4.94. The minimum Gasteiger partial charge on any atom is -0.459 e. The lowest BCUT2D eigenvalue weighted by atomic mass is 10.4. The van der Waals surface area contributed by atoms with Crippen molar-refractivity contribution in [2.45, 2.75) is 0 Å². The van der Waals surface area contributed by atoms with Gasteiger partial charge in [0.05, 0.1) is 6.26 Å². The maximum absolute atomic E-state index is 11.4. The van der Waals surface area contributed by atoms with Gasteiger partial charge in [-0.25, -0.2) is 0 Å². The molecule has 12 heavy (non-hydrogen) atoms. The van der Waals surface area contributed by atoms with Crippen LogP contribution in [0.1, 0.15) is 10.6 Å². The van der Waals surface area contributed by atoms with Gasteiger partial charge in [0.1, 0.15) is 0 Å². The van der Waals surface area contributed by atoms with Gasteiger partial charge < -0.3 is 9.32 Å². The van der Waals surface area contributed by atoms with Crippen molar-refractivity contribution in [2.75, 3.05) is 13.6 Å². The van der Waals surface area contributed by atoms with Crippen LogP contribution in [0.15, 0.2) is 35.5 Å². The minimum absolute atomic E-state index is 0.125. The number of hydrogen-bond acceptors (Lipinski definition) is 2. The van der Waals surface area contributed by atoms with Crippen LogP contribution in [-0.4, -0.2) is 24.4 Å². The van der Waals surface area contributed by atoms with Gasteiger partial charge in [-0.15, -0.1) is 6.58 Å². The zero-order chi connectivity index (χ0) is 8.97. The van der Waals surface area contributed by atoms with Gasteiger partial charge in [0, 0.05) is 13.6 Å². The zero-order valence-electron chi connectivity index (χ0n) is 6.99. The molecule has 64 valence electrons. The fourth-order valence-electron chi connectivity index (χ4n) is 0.865. The topological polar surface area (TPSA) is 33.5 Å². The van der Waals surface area contributed by atoms with E-state index in [0.717, 1.165) is 0 Å². The molecule has 0 aliphatic heterocycles. The highest BCUT2D eigenvalue weighted by Crippen LogP contribution is 2.03. The van der Waals surface area contributed by atoms with Crippen molar-refractivity contribution in [1.82, 2.24) is 4.90 Å². The smallest absolute Gasteiger partial charge is 0.289 e. The molecule has 1 rings (SSSR count). The molecule has 1 amide bonds. The lowest BCUT2D eigenvalue weighted by molar-refractivity contribution is 0.0779. The fraction of sp³-hybridized carbons (Fsp3) is 0.222. The van der Waals surface area contributed by atoms with Crippen LogP contribution >= 0.6 is 0 Å². The minimum atomic E-state index is -0.125. The molecule has 0 radical (unpaired) electrons. The lowest BCUT2D eigenvalue weighted by Crippen LogP contribution is -2.26. The average molecular weight is 165 g/mol. The van der Waals surface area contributed by atoms with Gasteiger partial charge in [-0.1, -0.05) is 6.08 Å². The number of carbonyl (C=O) groups is 1. The lowest BCUT2D eigenvalue weighted by Gasteiger charge is -2.11. The van der Waals surface area contributed by atoms with Gasteiger partial charge >= 0.3 is 0 Å². The highest BCUT2D eigenvalue weighted by atomic mass is 16.3. The number of nitrogens with zero attached hydrogens (tertiary/aromatic N) is 1. The molecule has 0 saturated heterocycles. The van der Waals surface area contributed by atoms with E-state index >= 15 is 0 Å². The third-order valence-corrected chi connectivity index (χ3v) is 1.48. The predicted octanol–water partition coefficient (Wildman–Crippen LogP) is 1.54. The normalized spacial score (nSPS) is 9.42. The van der Waals surface area contributed by atoms with E-state index in [0.29, 0.717) is 12.3 Å². The fourth-order valence-corrected chi connectivity index (χ4v) is 0.865. The Morgan fingerprint density at radius 2 is 2.58 bits per heavy atom. The summed E-state index contributed by atoms with van der Waals surface area (Å²) in [6.07, 6.45) is 3.15. The first-order chi connectivity index (χ1) is 5.75. The largest absolute Gasteiger partial charge is 0.459 e. The van der Waals surface area contributed by atoms with Gasteiger partial charge in [-0.05, 0) is 12.1 Å². The monoisotopic (exact) mass is 165 g/mol. The van der Waals surface area contributed by atoms with Gasteiger partial charge in [0.2, 0.25) is 0 Å². The molecule has 3 nitrogen and oxygen atoms in total. The van der Waals surface area contributed by atoms with Crippen LogP contribution in [-0.2, 0) is 0 Å². The van der Waals surface area contributed by atoms with E-state index < -0.39 is 0 Å².